The van der Waals surface area contributed by atoms with Crippen LogP contribution in [0.1, 0.15) is 34.1 Å². The minimum absolute atomic E-state index is 0. The second kappa shape index (κ2) is 5.75. The van der Waals surface area contributed by atoms with Crippen LogP contribution in [0.3, 0.4) is 0 Å². The van der Waals surface area contributed by atoms with Crippen LogP contribution in [-0.4, -0.2) is 22.2 Å². The zero-order chi connectivity index (χ0) is 15.4. The van der Waals surface area contributed by atoms with Crippen molar-refractivity contribution in [1.29, 1.82) is 0 Å². The summed E-state index contributed by atoms with van der Waals surface area (Å²) in [6, 6.07) is 15.3. The Morgan fingerprint density at radius 2 is 0.913 bits per heavy atom. The summed E-state index contributed by atoms with van der Waals surface area (Å²) in [5.74, 6) is -4.70. The van der Waals surface area contributed by atoms with E-state index < -0.39 is 35.6 Å². The summed E-state index contributed by atoms with van der Waals surface area (Å²) < 4.78 is 0. The minimum atomic E-state index is -1.04. The van der Waals surface area contributed by atoms with Crippen molar-refractivity contribution in [1.82, 2.24) is 0 Å². The SMILES string of the molecule is O=C(O)C1C2c3ccccc3C(c3ccccc32)C1C(=O)O.[Hg]. The van der Waals surface area contributed by atoms with Crippen LogP contribution in [0.2, 0.25) is 0 Å². The second-order valence-corrected chi connectivity index (χ2v) is 5.94. The first-order chi connectivity index (χ1) is 10.6. The Bertz CT molecular complexity index is 688. The van der Waals surface area contributed by atoms with Crippen molar-refractivity contribution in [2.24, 2.45) is 11.8 Å². The Morgan fingerprint density at radius 3 is 1.13 bits per heavy atom. The van der Waals surface area contributed by atoms with E-state index in [4.69, 9.17) is 0 Å². The molecule has 0 radical (unpaired) electrons. The molecule has 4 nitrogen and oxygen atoms in total. The topological polar surface area (TPSA) is 74.6 Å². The molecule has 2 N–H and O–H groups in total. The third kappa shape index (κ3) is 2.15. The van der Waals surface area contributed by atoms with E-state index in [1.807, 2.05) is 48.5 Å². The Morgan fingerprint density at radius 1 is 0.652 bits per heavy atom. The van der Waals surface area contributed by atoms with E-state index in [0.29, 0.717) is 0 Å². The van der Waals surface area contributed by atoms with E-state index >= 15 is 0 Å². The maximum absolute atomic E-state index is 11.8. The first kappa shape index (κ1) is 16.2. The Kier molecular flexibility index (Phi) is 4.04. The van der Waals surface area contributed by atoms with Gasteiger partial charge in [-0.25, -0.2) is 0 Å². The van der Waals surface area contributed by atoms with E-state index in [1.54, 1.807) is 0 Å². The molecule has 2 atom stereocenters. The summed E-state index contributed by atoms with van der Waals surface area (Å²) in [7, 11) is 0. The number of hydrogen-bond donors (Lipinski definition) is 2. The fourth-order valence-corrected chi connectivity index (χ4v) is 4.27. The van der Waals surface area contributed by atoms with Crippen molar-refractivity contribution in [3.8, 4) is 0 Å². The Balaban J connectivity index is 0.00000156. The molecular formula is C18H14HgO4. The van der Waals surface area contributed by atoms with Crippen LogP contribution in [0.5, 0.6) is 0 Å². The Labute approximate surface area is 153 Å². The normalized spacial score (nSPS) is 26.6. The summed E-state index contributed by atoms with van der Waals surface area (Å²) in [4.78, 5) is 23.6. The van der Waals surface area contributed by atoms with Crippen molar-refractivity contribution in [2.45, 2.75) is 11.8 Å². The van der Waals surface area contributed by atoms with E-state index in [9.17, 15) is 19.8 Å². The van der Waals surface area contributed by atoms with Crippen molar-refractivity contribution in [3.05, 3.63) is 70.8 Å². The molecule has 0 saturated heterocycles. The molecule has 0 saturated carbocycles. The largest absolute Gasteiger partial charge is 0.481 e. The number of rotatable bonds is 2. The molecule has 23 heavy (non-hydrogen) atoms. The van der Waals surface area contributed by atoms with E-state index in [2.05, 4.69) is 0 Å². The summed E-state index contributed by atoms with van der Waals surface area (Å²) in [6.45, 7) is 0. The van der Waals surface area contributed by atoms with Gasteiger partial charge in [-0.15, -0.1) is 0 Å². The number of carboxylic acids is 2. The molecule has 2 aromatic carbocycles. The average Bonchev–Trinajstić information content (AvgIpc) is 2.53. The number of benzene rings is 2. The fourth-order valence-electron chi connectivity index (χ4n) is 4.27. The number of aliphatic carboxylic acids is 2. The first-order valence-electron chi connectivity index (χ1n) is 7.24. The molecule has 3 aliphatic rings. The van der Waals surface area contributed by atoms with Crippen LogP contribution in [0.15, 0.2) is 48.5 Å². The van der Waals surface area contributed by atoms with Gasteiger partial charge in [0.1, 0.15) is 0 Å². The maximum Gasteiger partial charge on any atom is 0.308 e. The monoisotopic (exact) mass is 496 g/mol. The number of fused-ring (bicyclic) bond motifs is 1. The molecule has 2 bridgehead atoms. The van der Waals surface area contributed by atoms with Crippen LogP contribution < -0.4 is 0 Å². The third-order valence-electron chi connectivity index (χ3n) is 5.01. The van der Waals surface area contributed by atoms with Gasteiger partial charge in [-0.3, -0.25) is 9.59 Å². The van der Waals surface area contributed by atoms with Crippen LogP contribution in [-0.2, 0) is 37.3 Å². The van der Waals surface area contributed by atoms with Crippen LogP contribution in [0, 0.1) is 11.8 Å². The van der Waals surface area contributed by atoms with Crippen LogP contribution in [0.4, 0.5) is 0 Å². The molecule has 0 aliphatic heterocycles. The quantitative estimate of drug-likeness (QED) is 0.630. The molecule has 3 aliphatic carbocycles. The van der Waals surface area contributed by atoms with E-state index in [-0.39, 0.29) is 27.7 Å². The molecule has 0 aromatic heterocycles. The van der Waals surface area contributed by atoms with Crippen molar-refractivity contribution < 1.29 is 47.5 Å². The van der Waals surface area contributed by atoms with Gasteiger partial charge in [0.05, 0.1) is 11.8 Å². The number of hydrogen-bond acceptors (Lipinski definition) is 2. The molecule has 5 heteroatoms. The van der Waals surface area contributed by atoms with Gasteiger partial charge in [0.2, 0.25) is 0 Å². The maximum atomic E-state index is 11.8. The standard InChI is InChI=1S/C18H14O4.Hg/c19-17(20)15-13-9-5-1-2-6-10(9)14(16(15)18(21)22)12-8-4-3-7-11(12)13;/h1-8,13-16H,(H,19,20)(H,21,22);. The van der Waals surface area contributed by atoms with Gasteiger partial charge in [0, 0.05) is 39.5 Å². The van der Waals surface area contributed by atoms with Crippen LogP contribution >= 0.6 is 0 Å². The van der Waals surface area contributed by atoms with Gasteiger partial charge >= 0.3 is 11.9 Å². The number of carbonyl (C=O) groups is 2. The predicted octanol–water partition coefficient (Wildman–Crippen LogP) is 2.68. The summed E-state index contributed by atoms with van der Waals surface area (Å²) in [6.07, 6.45) is 0. The average molecular weight is 495 g/mol. The van der Waals surface area contributed by atoms with Crippen molar-refractivity contribution in [2.75, 3.05) is 0 Å². The molecule has 0 spiro atoms. The van der Waals surface area contributed by atoms with E-state index in [1.165, 1.54) is 0 Å². The zero-order valence-electron chi connectivity index (χ0n) is 12.3. The first-order valence-corrected chi connectivity index (χ1v) is 7.24. The molecule has 0 heterocycles. The third-order valence-corrected chi connectivity index (χ3v) is 5.01. The van der Waals surface area contributed by atoms with Crippen LogP contribution in [0.25, 0.3) is 0 Å². The second-order valence-electron chi connectivity index (χ2n) is 5.94. The molecular weight excluding hydrogens is 481 g/mol. The molecule has 112 valence electrons. The summed E-state index contributed by atoms with van der Waals surface area (Å²) in [5, 5.41) is 19.3. The van der Waals surface area contributed by atoms with Crippen molar-refractivity contribution >= 4 is 11.9 Å². The molecule has 2 aromatic rings. The summed E-state index contributed by atoms with van der Waals surface area (Å²) in [5.41, 5.74) is 3.82. The predicted molar refractivity (Wildman–Crippen MR) is 78.8 cm³/mol. The van der Waals surface area contributed by atoms with Gasteiger partial charge in [0.25, 0.3) is 0 Å². The molecule has 5 rings (SSSR count). The minimum Gasteiger partial charge on any atom is -0.481 e. The molecule has 0 amide bonds. The van der Waals surface area contributed by atoms with E-state index in [0.717, 1.165) is 22.3 Å². The molecule has 0 fully saturated rings. The van der Waals surface area contributed by atoms with Gasteiger partial charge < -0.3 is 10.2 Å². The van der Waals surface area contributed by atoms with Gasteiger partial charge in [0.15, 0.2) is 0 Å². The Hall–Kier alpha value is -1.68. The number of carboxylic acid groups (broad SMARTS) is 2. The fraction of sp³-hybridized carbons (Fsp3) is 0.222. The van der Waals surface area contributed by atoms with Gasteiger partial charge in [-0.1, -0.05) is 48.5 Å². The van der Waals surface area contributed by atoms with Gasteiger partial charge in [-0.2, -0.15) is 0 Å². The van der Waals surface area contributed by atoms with Gasteiger partial charge in [-0.05, 0) is 22.3 Å². The smallest absolute Gasteiger partial charge is 0.308 e. The molecule has 2 unspecified atom stereocenters. The zero-order valence-corrected chi connectivity index (χ0v) is 17.8. The summed E-state index contributed by atoms with van der Waals surface area (Å²) >= 11 is 0. The van der Waals surface area contributed by atoms with Crippen molar-refractivity contribution in [3.63, 3.8) is 0 Å².